The molecule has 8 heteroatoms. The van der Waals surface area contributed by atoms with Gasteiger partial charge < -0.3 is 0 Å². The largest absolute Gasteiger partial charge is 0.301 e. The fourth-order valence-corrected chi connectivity index (χ4v) is 4.59. The molecule has 3 aromatic carbocycles. The number of non-ortho nitro benzene ring substituents is 1. The monoisotopic (exact) mass is 432 g/mol. The van der Waals surface area contributed by atoms with Gasteiger partial charge in [0.25, 0.3) is 5.69 Å². The Hall–Kier alpha value is -3.81. The number of nitrogens with one attached hydrogen (secondary N) is 1. The van der Waals surface area contributed by atoms with E-state index in [9.17, 15) is 20.2 Å². The number of hydrogen-bond donors (Lipinski definition) is 1. The summed E-state index contributed by atoms with van der Waals surface area (Å²) in [6, 6.07) is 12.0. The van der Waals surface area contributed by atoms with Crippen LogP contribution in [0.5, 0.6) is 0 Å². The summed E-state index contributed by atoms with van der Waals surface area (Å²) in [5.41, 5.74) is 7.85. The molecule has 0 fully saturated rings. The van der Waals surface area contributed by atoms with E-state index < -0.39 is 9.85 Å². The minimum absolute atomic E-state index is 0.125. The van der Waals surface area contributed by atoms with Crippen molar-refractivity contribution in [1.29, 1.82) is 0 Å². The Bertz CT molecular complexity index is 1280. The quantitative estimate of drug-likeness (QED) is 0.372. The lowest BCUT2D eigenvalue weighted by atomic mass is 9.76. The van der Waals surface area contributed by atoms with Crippen molar-refractivity contribution in [3.05, 3.63) is 84.9 Å². The van der Waals surface area contributed by atoms with Crippen molar-refractivity contribution in [2.75, 3.05) is 5.43 Å². The van der Waals surface area contributed by atoms with Gasteiger partial charge in [0.05, 0.1) is 21.6 Å². The van der Waals surface area contributed by atoms with Crippen molar-refractivity contribution in [1.82, 2.24) is 0 Å². The minimum Gasteiger partial charge on any atom is -0.271 e. The number of fused-ring (bicyclic) bond motifs is 3. The van der Waals surface area contributed by atoms with Crippen LogP contribution in [-0.2, 0) is 0 Å². The first-order valence-corrected chi connectivity index (χ1v) is 10.6. The van der Waals surface area contributed by atoms with Gasteiger partial charge in [-0.2, -0.15) is 5.10 Å². The summed E-state index contributed by atoms with van der Waals surface area (Å²) in [4.78, 5) is 21.1. The van der Waals surface area contributed by atoms with Crippen molar-refractivity contribution in [3.63, 3.8) is 0 Å². The molecule has 0 spiro atoms. The van der Waals surface area contributed by atoms with Crippen molar-refractivity contribution < 1.29 is 9.85 Å². The Kier molecular flexibility index (Phi) is 5.61. The molecule has 1 unspecified atom stereocenters. The van der Waals surface area contributed by atoms with Crippen molar-refractivity contribution >= 4 is 33.5 Å². The van der Waals surface area contributed by atoms with Gasteiger partial charge >= 0.3 is 5.69 Å². The second-order valence-corrected chi connectivity index (χ2v) is 8.18. The third-order valence-corrected chi connectivity index (χ3v) is 6.29. The zero-order valence-corrected chi connectivity index (χ0v) is 18.2. The molecule has 164 valence electrons. The number of benzene rings is 3. The minimum atomic E-state index is -0.652. The van der Waals surface area contributed by atoms with Gasteiger partial charge in [0, 0.05) is 11.6 Å². The lowest BCUT2D eigenvalue weighted by molar-refractivity contribution is -0.393. The molecule has 3 aromatic rings. The van der Waals surface area contributed by atoms with Crippen LogP contribution in [0.4, 0.5) is 17.1 Å². The Morgan fingerprint density at radius 3 is 2.47 bits per heavy atom. The summed E-state index contributed by atoms with van der Waals surface area (Å²) in [5, 5.41) is 29.5. The van der Waals surface area contributed by atoms with Crippen LogP contribution in [0.15, 0.2) is 47.6 Å². The maximum atomic E-state index is 11.4. The van der Waals surface area contributed by atoms with Crippen molar-refractivity contribution in [2.45, 2.75) is 46.0 Å². The van der Waals surface area contributed by atoms with E-state index in [1.165, 1.54) is 39.6 Å². The fourth-order valence-electron chi connectivity index (χ4n) is 4.59. The van der Waals surface area contributed by atoms with Crippen LogP contribution in [-0.4, -0.2) is 15.6 Å². The topological polar surface area (TPSA) is 111 Å². The van der Waals surface area contributed by atoms with Crippen LogP contribution in [0.1, 0.15) is 54.4 Å². The number of nitro benzene ring substituents is 2. The number of aryl methyl sites for hydroxylation is 2. The maximum Gasteiger partial charge on any atom is 0.301 e. The molecule has 1 N–H and O–H groups in total. The first-order valence-electron chi connectivity index (χ1n) is 10.6. The molecule has 4 rings (SSSR count). The standard InChI is InChI=1S/C24H24N4O4/c1-4-16-7-11-20(19-10-9-18-14(2)5-6-15(3)23(18)24(16)19)25-26-21-12-8-17(27(29)30)13-22(21)28(31)32/h5-6,8-10,12-13,16,26H,4,7,11H2,1-3H3/b25-20+. The zero-order chi connectivity index (χ0) is 23.0. The molecule has 32 heavy (non-hydrogen) atoms. The smallest absolute Gasteiger partial charge is 0.271 e. The molecule has 0 saturated carbocycles. The van der Waals surface area contributed by atoms with E-state index in [2.05, 4.69) is 55.6 Å². The summed E-state index contributed by atoms with van der Waals surface area (Å²) >= 11 is 0. The Balaban J connectivity index is 1.81. The molecule has 0 heterocycles. The molecular formula is C24H24N4O4. The van der Waals surface area contributed by atoms with Gasteiger partial charge in [-0.25, -0.2) is 0 Å². The normalized spacial score (nSPS) is 16.7. The van der Waals surface area contributed by atoms with Gasteiger partial charge in [-0.3, -0.25) is 25.7 Å². The molecule has 1 aliphatic rings. The van der Waals surface area contributed by atoms with Crippen LogP contribution in [0.2, 0.25) is 0 Å². The summed E-state index contributed by atoms with van der Waals surface area (Å²) in [7, 11) is 0. The first-order chi connectivity index (χ1) is 15.3. The molecule has 1 atom stereocenters. The van der Waals surface area contributed by atoms with E-state index >= 15 is 0 Å². The number of nitro groups is 2. The van der Waals surface area contributed by atoms with Crippen molar-refractivity contribution in [2.24, 2.45) is 5.10 Å². The van der Waals surface area contributed by atoms with Gasteiger partial charge in [0.2, 0.25) is 0 Å². The van der Waals surface area contributed by atoms with Crippen molar-refractivity contribution in [3.8, 4) is 0 Å². The van der Waals surface area contributed by atoms with Gasteiger partial charge in [-0.1, -0.05) is 31.2 Å². The Labute approximate surface area is 185 Å². The predicted molar refractivity (Wildman–Crippen MR) is 126 cm³/mol. The van der Waals surface area contributed by atoms with Crippen LogP contribution >= 0.6 is 0 Å². The van der Waals surface area contributed by atoms with E-state index in [1.54, 1.807) is 0 Å². The molecule has 0 aromatic heterocycles. The van der Waals surface area contributed by atoms with Crippen LogP contribution < -0.4 is 5.43 Å². The molecule has 8 nitrogen and oxygen atoms in total. The van der Waals surface area contributed by atoms with Gasteiger partial charge in [-0.15, -0.1) is 0 Å². The summed E-state index contributed by atoms with van der Waals surface area (Å²) < 4.78 is 0. The average Bonchev–Trinajstić information content (AvgIpc) is 2.79. The van der Waals surface area contributed by atoms with E-state index in [0.717, 1.165) is 36.6 Å². The zero-order valence-electron chi connectivity index (χ0n) is 18.2. The molecule has 1 aliphatic carbocycles. The lowest BCUT2D eigenvalue weighted by Gasteiger charge is -2.28. The second-order valence-electron chi connectivity index (χ2n) is 8.18. The number of hydrazone groups is 1. The highest BCUT2D eigenvalue weighted by Gasteiger charge is 2.27. The lowest BCUT2D eigenvalue weighted by Crippen LogP contribution is -2.18. The van der Waals surface area contributed by atoms with Crippen LogP contribution in [0.25, 0.3) is 10.8 Å². The number of hydrogen-bond acceptors (Lipinski definition) is 6. The third kappa shape index (κ3) is 3.68. The average molecular weight is 432 g/mol. The predicted octanol–water partition coefficient (Wildman–Crippen LogP) is 6.38. The molecule has 0 aliphatic heterocycles. The third-order valence-electron chi connectivity index (χ3n) is 6.29. The van der Waals surface area contributed by atoms with E-state index in [0.29, 0.717) is 5.92 Å². The van der Waals surface area contributed by atoms with E-state index in [1.807, 2.05) is 0 Å². The van der Waals surface area contributed by atoms with Crippen LogP contribution in [0.3, 0.4) is 0 Å². The molecule has 0 saturated heterocycles. The number of rotatable bonds is 5. The molecule has 0 amide bonds. The Morgan fingerprint density at radius 2 is 1.78 bits per heavy atom. The van der Waals surface area contributed by atoms with Gasteiger partial charge in [0.15, 0.2) is 0 Å². The summed E-state index contributed by atoms with van der Waals surface area (Å²) in [5.74, 6) is 0.418. The molecule has 0 bridgehead atoms. The highest BCUT2D eigenvalue weighted by Crippen LogP contribution is 2.41. The van der Waals surface area contributed by atoms with Crippen LogP contribution in [0, 0.1) is 34.1 Å². The van der Waals surface area contributed by atoms with Gasteiger partial charge in [0.1, 0.15) is 5.69 Å². The second kappa shape index (κ2) is 8.37. The fraction of sp³-hybridized carbons (Fsp3) is 0.292. The Morgan fingerprint density at radius 1 is 1.03 bits per heavy atom. The van der Waals surface area contributed by atoms with E-state index in [-0.39, 0.29) is 17.1 Å². The summed E-state index contributed by atoms with van der Waals surface area (Å²) in [6.45, 7) is 6.43. The SMILES string of the molecule is CCC1CC/C(=N\Nc2ccc([N+](=O)[O-])cc2[N+](=O)[O-])c2ccc3c(C)ccc(C)c3c21. The first kappa shape index (κ1) is 21.4. The van der Waals surface area contributed by atoms with E-state index in [4.69, 9.17) is 0 Å². The number of nitrogens with zero attached hydrogens (tertiary/aromatic N) is 3. The maximum absolute atomic E-state index is 11.4. The summed E-state index contributed by atoms with van der Waals surface area (Å²) in [6.07, 6.45) is 2.71. The number of anilines is 1. The molecule has 0 radical (unpaired) electrons. The molecular weight excluding hydrogens is 408 g/mol. The highest BCUT2D eigenvalue weighted by molar-refractivity contribution is 6.08. The van der Waals surface area contributed by atoms with Gasteiger partial charge in [-0.05, 0) is 72.6 Å². The highest BCUT2D eigenvalue weighted by atomic mass is 16.6.